The van der Waals surface area contributed by atoms with Gasteiger partial charge in [0.05, 0.1) is 22.1 Å². The summed E-state index contributed by atoms with van der Waals surface area (Å²) in [5, 5.41) is 4.17. The topological polar surface area (TPSA) is 68.5 Å². The Balaban J connectivity index is 1.66. The number of nitrogens with one attached hydrogen (secondary N) is 1. The molecule has 2 heterocycles. The third-order valence-electron chi connectivity index (χ3n) is 4.35. The Bertz CT molecular complexity index is 1220. The molecule has 0 aliphatic heterocycles. The zero-order valence-corrected chi connectivity index (χ0v) is 15.7. The van der Waals surface area contributed by atoms with Gasteiger partial charge in [0.25, 0.3) is 5.91 Å². The molecular formula is C21H17NO4S. The van der Waals surface area contributed by atoms with E-state index in [4.69, 9.17) is 9.15 Å². The normalized spacial score (nSPS) is 11.0. The van der Waals surface area contributed by atoms with E-state index in [-0.39, 0.29) is 5.91 Å². The van der Waals surface area contributed by atoms with E-state index in [9.17, 15) is 9.59 Å². The van der Waals surface area contributed by atoms with Crippen LogP contribution in [0, 0.1) is 6.92 Å². The molecule has 27 heavy (non-hydrogen) atoms. The van der Waals surface area contributed by atoms with Crippen LogP contribution in [0.4, 0.5) is 0 Å². The number of rotatable bonds is 4. The molecule has 0 unspecified atom stereocenters. The average Bonchev–Trinajstić information content (AvgIpc) is 3.13. The SMILES string of the molecule is COc1cccc(CNC(=O)c2cc3c(=O)oc4ccc(C)cc4c3s2)c1. The van der Waals surface area contributed by atoms with Crippen molar-refractivity contribution in [1.29, 1.82) is 0 Å². The number of hydrogen-bond acceptors (Lipinski definition) is 5. The number of carbonyl (C=O) groups excluding carboxylic acids is 1. The first-order chi connectivity index (χ1) is 13.0. The minimum atomic E-state index is -0.426. The molecule has 0 radical (unpaired) electrons. The number of amides is 1. The van der Waals surface area contributed by atoms with Gasteiger partial charge in [0, 0.05) is 11.9 Å². The van der Waals surface area contributed by atoms with Crippen molar-refractivity contribution in [3.8, 4) is 5.75 Å². The van der Waals surface area contributed by atoms with Gasteiger partial charge in [0.2, 0.25) is 0 Å². The van der Waals surface area contributed by atoms with Crippen LogP contribution in [-0.2, 0) is 6.54 Å². The molecule has 2 aromatic carbocycles. The number of benzene rings is 2. The first kappa shape index (κ1) is 17.3. The predicted molar refractivity (Wildman–Crippen MR) is 107 cm³/mol. The molecule has 1 amide bonds. The summed E-state index contributed by atoms with van der Waals surface area (Å²) >= 11 is 1.30. The molecule has 5 nitrogen and oxygen atoms in total. The van der Waals surface area contributed by atoms with Gasteiger partial charge < -0.3 is 14.5 Å². The summed E-state index contributed by atoms with van der Waals surface area (Å²) in [5.74, 6) is 0.516. The highest BCUT2D eigenvalue weighted by Gasteiger charge is 2.16. The summed E-state index contributed by atoms with van der Waals surface area (Å²) in [4.78, 5) is 25.3. The van der Waals surface area contributed by atoms with Gasteiger partial charge in [0.1, 0.15) is 11.3 Å². The molecule has 0 bridgehead atoms. The molecule has 0 aliphatic rings. The van der Waals surface area contributed by atoms with E-state index in [1.165, 1.54) is 11.3 Å². The second-order valence-electron chi connectivity index (χ2n) is 6.28. The van der Waals surface area contributed by atoms with E-state index in [1.54, 1.807) is 19.2 Å². The minimum absolute atomic E-state index is 0.223. The molecule has 0 saturated carbocycles. The maximum atomic E-state index is 12.6. The van der Waals surface area contributed by atoms with Crippen LogP contribution in [0.15, 0.2) is 57.7 Å². The standard InChI is InChI=1S/C21H17NO4S/c1-12-6-7-17-15(8-12)19-16(21(24)26-17)10-18(27-19)20(23)22-11-13-4-3-5-14(9-13)25-2/h3-10H,11H2,1-2H3,(H,22,23). The van der Waals surface area contributed by atoms with Crippen molar-refractivity contribution < 1.29 is 13.9 Å². The highest BCUT2D eigenvalue weighted by Crippen LogP contribution is 2.31. The molecule has 4 rings (SSSR count). The Morgan fingerprint density at radius 1 is 1.15 bits per heavy atom. The molecule has 6 heteroatoms. The first-order valence-electron chi connectivity index (χ1n) is 8.43. The van der Waals surface area contributed by atoms with Crippen LogP contribution >= 0.6 is 11.3 Å². The quantitative estimate of drug-likeness (QED) is 0.538. The number of aryl methyl sites for hydroxylation is 1. The van der Waals surface area contributed by atoms with Crippen molar-refractivity contribution >= 4 is 38.3 Å². The summed E-state index contributed by atoms with van der Waals surface area (Å²) in [6.45, 7) is 2.35. The highest BCUT2D eigenvalue weighted by atomic mass is 32.1. The second-order valence-corrected chi connectivity index (χ2v) is 7.33. The Morgan fingerprint density at radius 3 is 2.81 bits per heavy atom. The lowest BCUT2D eigenvalue weighted by molar-refractivity contribution is 0.0955. The van der Waals surface area contributed by atoms with Crippen molar-refractivity contribution in [3.05, 3.63) is 75.0 Å². The lowest BCUT2D eigenvalue weighted by Gasteiger charge is -2.05. The molecule has 2 aromatic heterocycles. The number of methoxy groups -OCH3 is 1. The van der Waals surface area contributed by atoms with Crippen LogP contribution in [0.3, 0.4) is 0 Å². The van der Waals surface area contributed by atoms with E-state index in [0.29, 0.717) is 22.4 Å². The van der Waals surface area contributed by atoms with Crippen LogP contribution < -0.4 is 15.7 Å². The number of carbonyl (C=O) groups is 1. The van der Waals surface area contributed by atoms with Crippen molar-refractivity contribution in [2.75, 3.05) is 7.11 Å². The van der Waals surface area contributed by atoms with Crippen LogP contribution in [0.25, 0.3) is 21.1 Å². The summed E-state index contributed by atoms with van der Waals surface area (Å²) < 4.78 is 11.4. The smallest absolute Gasteiger partial charge is 0.345 e. The molecule has 0 aliphatic carbocycles. The van der Waals surface area contributed by atoms with Crippen LogP contribution in [-0.4, -0.2) is 13.0 Å². The maximum Gasteiger partial charge on any atom is 0.345 e. The van der Waals surface area contributed by atoms with Gasteiger partial charge in [-0.25, -0.2) is 4.79 Å². The van der Waals surface area contributed by atoms with Gasteiger partial charge in [-0.15, -0.1) is 11.3 Å². The molecule has 0 fully saturated rings. The fourth-order valence-corrected chi connectivity index (χ4v) is 4.05. The fraction of sp³-hybridized carbons (Fsp3) is 0.143. The molecule has 4 aromatic rings. The molecule has 0 atom stereocenters. The third kappa shape index (κ3) is 3.31. The fourth-order valence-electron chi connectivity index (χ4n) is 2.97. The third-order valence-corrected chi connectivity index (χ3v) is 5.51. The van der Waals surface area contributed by atoms with Crippen molar-refractivity contribution in [1.82, 2.24) is 5.32 Å². The van der Waals surface area contributed by atoms with Gasteiger partial charge >= 0.3 is 5.63 Å². The van der Waals surface area contributed by atoms with Crippen LogP contribution in [0.5, 0.6) is 5.75 Å². The Kier molecular flexibility index (Phi) is 4.41. The summed E-state index contributed by atoms with van der Waals surface area (Å²) in [7, 11) is 1.60. The van der Waals surface area contributed by atoms with Crippen LogP contribution in [0.1, 0.15) is 20.8 Å². The van der Waals surface area contributed by atoms with E-state index >= 15 is 0 Å². The summed E-state index contributed by atoms with van der Waals surface area (Å²) in [6.07, 6.45) is 0. The molecule has 1 N–H and O–H groups in total. The predicted octanol–water partition coefficient (Wildman–Crippen LogP) is 4.25. The maximum absolute atomic E-state index is 12.6. The molecule has 0 saturated heterocycles. The Morgan fingerprint density at radius 2 is 2.00 bits per heavy atom. The van der Waals surface area contributed by atoms with Crippen LogP contribution in [0.2, 0.25) is 0 Å². The van der Waals surface area contributed by atoms with E-state index < -0.39 is 5.63 Å². The highest BCUT2D eigenvalue weighted by molar-refractivity contribution is 7.21. The van der Waals surface area contributed by atoms with E-state index in [2.05, 4.69) is 5.32 Å². The Hall–Kier alpha value is -3.12. The number of hydrogen-bond donors (Lipinski definition) is 1. The average molecular weight is 379 g/mol. The van der Waals surface area contributed by atoms with Gasteiger partial charge in [-0.1, -0.05) is 23.8 Å². The van der Waals surface area contributed by atoms with Crippen molar-refractivity contribution in [3.63, 3.8) is 0 Å². The largest absolute Gasteiger partial charge is 0.497 e. The number of ether oxygens (including phenoxy) is 1. The lowest BCUT2D eigenvalue weighted by Crippen LogP contribution is -2.21. The molecular weight excluding hydrogens is 362 g/mol. The van der Waals surface area contributed by atoms with Crippen molar-refractivity contribution in [2.24, 2.45) is 0 Å². The lowest BCUT2D eigenvalue weighted by atomic mass is 10.1. The molecule has 0 spiro atoms. The van der Waals surface area contributed by atoms with Gasteiger partial charge in [-0.05, 0) is 42.8 Å². The zero-order chi connectivity index (χ0) is 19.0. The monoisotopic (exact) mass is 379 g/mol. The summed E-state index contributed by atoms with van der Waals surface area (Å²) in [6, 6.07) is 14.8. The first-order valence-corrected chi connectivity index (χ1v) is 9.25. The van der Waals surface area contributed by atoms with Gasteiger partial charge in [-0.2, -0.15) is 0 Å². The summed E-state index contributed by atoms with van der Waals surface area (Å²) in [5.41, 5.74) is 2.10. The minimum Gasteiger partial charge on any atom is -0.497 e. The number of fused-ring (bicyclic) bond motifs is 3. The van der Waals surface area contributed by atoms with Gasteiger partial charge in [-0.3, -0.25) is 4.79 Å². The number of thiophene rings is 1. The zero-order valence-electron chi connectivity index (χ0n) is 14.9. The second kappa shape index (κ2) is 6.89. The van der Waals surface area contributed by atoms with Crippen molar-refractivity contribution in [2.45, 2.75) is 13.5 Å². The van der Waals surface area contributed by atoms with E-state index in [0.717, 1.165) is 27.0 Å². The molecule has 136 valence electrons. The van der Waals surface area contributed by atoms with E-state index in [1.807, 2.05) is 43.3 Å². The Labute approximate surface area is 159 Å². The van der Waals surface area contributed by atoms with Gasteiger partial charge in [0.15, 0.2) is 0 Å².